The number of hydrogen-bond acceptors (Lipinski definition) is 2. The molecule has 0 spiro atoms. The summed E-state index contributed by atoms with van der Waals surface area (Å²) in [5, 5.41) is 0. The van der Waals surface area contributed by atoms with Gasteiger partial charge in [0.15, 0.2) is 0 Å². The Morgan fingerprint density at radius 1 is 1.31 bits per heavy atom. The molecular weight excluding hydrogens is 205 g/mol. The van der Waals surface area contributed by atoms with Crippen LogP contribution in [0.15, 0.2) is 24.3 Å². The lowest BCUT2D eigenvalue weighted by molar-refractivity contribution is -0.121. The van der Waals surface area contributed by atoms with E-state index < -0.39 is 5.67 Å². The van der Waals surface area contributed by atoms with Gasteiger partial charge in [-0.15, -0.1) is 0 Å². The molecule has 0 aromatic heterocycles. The Morgan fingerprint density at radius 3 is 2.69 bits per heavy atom. The molecule has 16 heavy (non-hydrogen) atoms. The zero-order valence-corrected chi connectivity index (χ0v) is 9.49. The third kappa shape index (κ3) is 3.01. The van der Waals surface area contributed by atoms with Crippen LogP contribution in [0, 0.1) is 0 Å². The highest BCUT2D eigenvalue weighted by Gasteiger charge is 2.27. The van der Waals surface area contributed by atoms with Crippen molar-refractivity contribution in [2.24, 2.45) is 0 Å². The fourth-order valence-electron chi connectivity index (χ4n) is 2.19. The number of allylic oxidation sites excluding steroid dienone is 4. The summed E-state index contributed by atoms with van der Waals surface area (Å²) in [4.78, 5) is 13.2. The van der Waals surface area contributed by atoms with Crippen LogP contribution in [0.25, 0.3) is 0 Å². The summed E-state index contributed by atoms with van der Waals surface area (Å²) in [6.45, 7) is 2.35. The third-order valence-corrected chi connectivity index (χ3v) is 3.36. The normalized spacial score (nSPS) is 30.9. The van der Waals surface area contributed by atoms with E-state index in [-0.39, 0.29) is 0 Å². The molecule has 0 aromatic rings. The maximum Gasteiger partial charge on any atom is 0.135 e. The second kappa shape index (κ2) is 4.91. The van der Waals surface area contributed by atoms with Gasteiger partial charge < -0.3 is 4.90 Å². The van der Waals surface area contributed by atoms with Crippen LogP contribution in [0.2, 0.25) is 0 Å². The first-order chi connectivity index (χ1) is 7.68. The number of hydrogen-bond donors (Lipinski definition) is 0. The number of nitrogens with zero attached hydrogens (tertiary/aromatic N) is 1. The number of halogens is 1. The zero-order chi connectivity index (χ0) is 11.4. The van der Waals surface area contributed by atoms with Crippen LogP contribution in [0.1, 0.15) is 25.7 Å². The summed E-state index contributed by atoms with van der Waals surface area (Å²) in [6.07, 6.45) is 9.48. The maximum atomic E-state index is 14.2. The van der Waals surface area contributed by atoms with Gasteiger partial charge in [0.2, 0.25) is 0 Å². The second-order valence-electron chi connectivity index (χ2n) is 4.66. The number of carbonyl (C=O) groups is 1. The van der Waals surface area contributed by atoms with Crippen LogP contribution in [0.4, 0.5) is 4.39 Å². The number of carbonyl (C=O) groups excluding carboxylic acids is 1. The molecule has 0 aromatic carbocycles. The van der Waals surface area contributed by atoms with Crippen LogP contribution in [0.3, 0.4) is 0 Å². The van der Waals surface area contributed by atoms with Gasteiger partial charge in [0.25, 0.3) is 0 Å². The van der Waals surface area contributed by atoms with Gasteiger partial charge in [-0.2, -0.15) is 0 Å². The Kier molecular flexibility index (Phi) is 3.54. The molecule has 88 valence electrons. The van der Waals surface area contributed by atoms with Crippen LogP contribution in [-0.2, 0) is 4.79 Å². The molecule has 1 heterocycles. The predicted octanol–water partition coefficient (Wildman–Crippen LogP) is 2.27. The Hall–Kier alpha value is -0.960. The molecule has 1 aliphatic heterocycles. The molecule has 2 nitrogen and oxygen atoms in total. The van der Waals surface area contributed by atoms with E-state index in [4.69, 9.17) is 0 Å². The summed E-state index contributed by atoms with van der Waals surface area (Å²) >= 11 is 0. The molecule has 2 aliphatic rings. The lowest BCUT2D eigenvalue weighted by Crippen LogP contribution is -2.37. The number of alkyl halides is 1. The lowest BCUT2D eigenvalue weighted by Gasteiger charge is -2.29. The molecular formula is C13H18FNO. The largest absolute Gasteiger partial charge is 0.302 e. The molecule has 0 saturated carbocycles. The molecule has 0 radical (unpaired) electrons. The Morgan fingerprint density at radius 2 is 2.06 bits per heavy atom. The maximum absolute atomic E-state index is 14.2. The lowest BCUT2D eigenvalue weighted by atomic mass is 9.93. The zero-order valence-electron chi connectivity index (χ0n) is 9.49. The van der Waals surface area contributed by atoms with Crippen molar-refractivity contribution in [2.75, 3.05) is 19.6 Å². The summed E-state index contributed by atoms with van der Waals surface area (Å²) in [6, 6.07) is 0. The first-order valence-corrected chi connectivity index (χ1v) is 5.95. The van der Waals surface area contributed by atoms with Gasteiger partial charge in [0.05, 0.1) is 0 Å². The topological polar surface area (TPSA) is 20.3 Å². The second-order valence-corrected chi connectivity index (χ2v) is 4.66. The van der Waals surface area contributed by atoms with Gasteiger partial charge >= 0.3 is 0 Å². The monoisotopic (exact) mass is 223 g/mol. The predicted molar refractivity (Wildman–Crippen MR) is 62.0 cm³/mol. The number of piperidine rings is 1. The molecule has 1 saturated heterocycles. The summed E-state index contributed by atoms with van der Waals surface area (Å²) in [5.74, 6) is 0.340. The van der Waals surface area contributed by atoms with Gasteiger partial charge in [0, 0.05) is 38.9 Å². The number of ketones is 1. The van der Waals surface area contributed by atoms with Crippen LogP contribution < -0.4 is 0 Å². The van der Waals surface area contributed by atoms with E-state index in [0.29, 0.717) is 31.5 Å². The minimum atomic E-state index is -1.17. The van der Waals surface area contributed by atoms with Crippen molar-refractivity contribution >= 4 is 5.78 Å². The molecule has 2 rings (SSSR count). The van der Waals surface area contributed by atoms with Crippen molar-refractivity contribution in [3.63, 3.8) is 0 Å². The van der Waals surface area contributed by atoms with Crippen molar-refractivity contribution in [3.8, 4) is 0 Å². The summed E-state index contributed by atoms with van der Waals surface area (Å²) in [7, 11) is 0. The van der Waals surface area contributed by atoms with E-state index in [9.17, 15) is 9.18 Å². The minimum absolute atomic E-state index is 0.340. The SMILES string of the molecule is O=C1CCN(CCC2(F)C=CC=CC2)CC1. The number of rotatable bonds is 3. The van der Waals surface area contributed by atoms with E-state index in [1.165, 1.54) is 0 Å². The summed E-state index contributed by atoms with van der Waals surface area (Å²) in [5.41, 5.74) is -1.17. The molecule has 1 unspecified atom stereocenters. The van der Waals surface area contributed by atoms with Gasteiger partial charge in [-0.1, -0.05) is 18.2 Å². The molecule has 1 aliphatic carbocycles. The van der Waals surface area contributed by atoms with E-state index in [0.717, 1.165) is 19.6 Å². The van der Waals surface area contributed by atoms with Crippen molar-refractivity contribution < 1.29 is 9.18 Å². The van der Waals surface area contributed by atoms with Crippen LogP contribution in [-0.4, -0.2) is 36.0 Å². The quantitative estimate of drug-likeness (QED) is 0.731. The third-order valence-electron chi connectivity index (χ3n) is 3.36. The van der Waals surface area contributed by atoms with Gasteiger partial charge in [-0.25, -0.2) is 4.39 Å². The fourth-order valence-corrected chi connectivity index (χ4v) is 2.19. The van der Waals surface area contributed by atoms with Crippen LogP contribution in [0.5, 0.6) is 0 Å². The molecule has 0 amide bonds. The van der Waals surface area contributed by atoms with Gasteiger partial charge in [-0.05, 0) is 12.5 Å². The Labute approximate surface area is 95.8 Å². The first-order valence-electron chi connectivity index (χ1n) is 5.95. The van der Waals surface area contributed by atoms with Crippen molar-refractivity contribution in [1.82, 2.24) is 4.90 Å². The van der Waals surface area contributed by atoms with E-state index in [1.807, 2.05) is 12.2 Å². The minimum Gasteiger partial charge on any atom is -0.302 e. The van der Waals surface area contributed by atoms with E-state index >= 15 is 0 Å². The fraction of sp³-hybridized carbons (Fsp3) is 0.615. The average molecular weight is 223 g/mol. The number of likely N-dealkylation sites (tertiary alicyclic amines) is 1. The van der Waals surface area contributed by atoms with E-state index in [1.54, 1.807) is 12.2 Å². The van der Waals surface area contributed by atoms with Gasteiger partial charge in [0.1, 0.15) is 11.5 Å². The Bertz CT molecular complexity index is 314. The smallest absolute Gasteiger partial charge is 0.135 e. The molecule has 1 fully saturated rings. The number of Topliss-reactive ketones (excluding diaryl/α,β-unsaturated/α-hetero) is 1. The van der Waals surface area contributed by atoms with Crippen molar-refractivity contribution in [1.29, 1.82) is 0 Å². The average Bonchev–Trinajstić information content (AvgIpc) is 2.29. The highest BCUT2D eigenvalue weighted by molar-refractivity contribution is 5.79. The van der Waals surface area contributed by atoms with E-state index in [2.05, 4.69) is 4.90 Å². The standard InChI is InChI=1S/C13H18FNO/c14-13(6-2-1-3-7-13)8-11-15-9-4-12(16)5-10-15/h1-3,6H,4-5,7-11H2. The summed E-state index contributed by atoms with van der Waals surface area (Å²) < 4.78 is 14.2. The van der Waals surface area contributed by atoms with Gasteiger partial charge in [-0.3, -0.25) is 4.79 Å². The van der Waals surface area contributed by atoms with Crippen molar-refractivity contribution in [2.45, 2.75) is 31.4 Å². The van der Waals surface area contributed by atoms with Crippen LogP contribution >= 0.6 is 0 Å². The molecule has 3 heteroatoms. The molecule has 1 atom stereocenters. The first kappa shape index (κ1) is 11.5. The molecule has 0 N–H and O–H groups in total. The molecule has 0 bridgehead atoms. The highest BCUT2D eigenvalue weighted by atomic mass is 19.1. The van der Waals surface area contributed by atoms with Crippen molar-refractivity contribution in [3.05, 3.63) is 24.3 Å². The highest BCUT2D eigenvalue weighted by Crippen LogP contribution is 2.26. The Balaban J connectivity index is 1.77.